The number of methoxy groups -OCH3 is 1. The first kappa shape index (κ1) is 17.4. The Hall–Kier alpha value is -1.91. The van der Waals surface area contributed by atoms with E-state index in [1.807, 2.05) is 6.07 Å². The second kappa shape index (κ2) is 7.11. The number of nitriles is 1. The summed E-state index contributed by atoms with van der Waals surface area (Å²) in [5.41, 5.74) is 2.10. The van der Waals surface area contributed by atoms with Crippen molar-refractivity contribution in [3.05, 3.63) is 49.7 Å². The largest absolute Gasteiger partial charge is 0.494 e. The Balaban J connectivity index is 2.46. The van der Waals surface area contributed by atoms with Crippen LogP contribution in [0.2, 0.25) is 0 Å². The third-order valence-corrected chi connectivity index (χ3v) is 4.27. The van der Waals surface area contributed by atoms with Crippen LogP contribution in [-0.4, -0.2) is 22.8 Å². The molecule has 2 aromatic rings. The SMILES string of the molecule is COc1c(Br)cc(/C=C(\C#N)C(=O)n2nc(C)cc2C)cc1Br. The molecular formula is C16H13Br2N3O2. The Morgan fingerprint density at radius 2 is 1.91 bits per heavy atom. The number of hydrogen-bond donors (Lipinski definition) is 0. The van der Waals surface area contributed by atoms with Gasteiger partial charge in [-0.15, -0.1) is 0 Å². The monoisotopic (exact) mass is 437 g/mol. The molecule has 118 valence electrons. The van der Waals surface area contributed by atoms with Crippen LogP contribution in [0.3, 0.4) is 0 Å². The minimum absolute atomic E-state index is 0.000154. The number of rotatable bonds is 3. The highest BCUT2D eigenvalue weighted by Crippen LogP contribution is 2.35. The second-order valence-corrected chi connectivity index (χ2v) is 6.54. The molecular weight excluding hydrogens is 426 g/mol. The molecule has 7 heteroatoms. The predicted octanol–water partition coefficient (Wildman–Crippen LogP) is 4.28. The van der Waals surface area contributed by atoms with Crippen molar-refractivity contribution in [1.29, 1.82) is 5.26 Å². The van der Waals surface area contributed by atoms with E-state index in [0.29, 0.717) is 17.0 Å². The summed E-state index contributed by atoms with van der Waals surface area (Å²) < 4.78 is 7.91. The lowest BCUT2D eigenvalue weighted by molar-refractivity contribution is 0.0944. The van der Waals surface area contributed by atoms with Gasteiger partial charge in [0, 0.05) is 5.69 Å². The van der Waals surface area contributed by atoms with Gasteiger partial charge < -0.3 is 4.74 Å². The first-order chi connectivity index (χ1) is 10.9. The number of nitrogens with zero attached hydrogens (tertiary/aromatic N) is 3. The maximum absolute atomic E-state index is 12.5. The van der Waals surface area contributed by atoms with Gasteiger partial charge in [0.25, 0.3) is 5.91 Å². The van der Waals surface area contributed by atoms with Gasteiger partial charge in [-0.3, -0.25) is 4.79 Å². The van der Waals surface area contributed by atoms with Crippen molar-refractivity contribution in [3.8, 4) is 11.8 Å². The van der Waals surface area contributed by atoms with Gasteiger partial charge in [-0.2, -0.15) is 10.4 Å². The molecule has 5 nitrogen and oxygen atoms in total. The van der Waals surface area contributed by atoms with E-state index in [2.05, 4.69) is 37.0 Å². The van der Waals surface area contributed by atoms with E-state index in [-0.39, 0.29) is 5.57 Å². The molecule has 0 aliphatic carbocycles. The number of benzene rings is 1. The van der Waals surface area contributed by atoms with Gasteiger partial charge in [0.1, 0.15) is 17.4 Å². The lowest BCUT2D eigenvalue weighted by atomic mass is 10.1. The zero-order chi connectivity index (χ0) is 17.1. The fourth-order valence-corrected chi connectivity index (χ4v) is 3.66. The van der Waals surface area contributed by atoms with Crippen LogP contribution in [0.15, 0.2) is 32.7 Å². The molecule has 0 bridgehead atoms. The smallest absolute Gasteiger partial charge is 0.289 e. The molecule has 0 aliphatic heterocycles. The maximum Gasteiger partial charge on any atom is 0.289 e. The molecule has 0 spiro atoms. The number of carbonyl (C=O) groups excluding carboxylic acids is 1. The van der Waals surface area contributed by atoms with Crippen molar-refractivity contribution < 1.29 is 9.53 Å². The fraction of sp³-hybridized carbons (Fsp3) is 0.188. The normalized spacial score (nSPS) is 11.2. The minimum atomic E-state index is -0.457. The fourth-order valence-electron chi connectivity index (χ4n) is 2.11. The highest BCUT2D eigenvalue weighted by molar-refractivity contribution is 9.11. The van der Waals surface area contributed by atoms with Gasteiger partial charge in [-0.05, 0) is 75.5 Å². The highest BCUT2D eigenvalue weighted by atomic mass is 79.9. The number of ether oxygens (including phenoxy) is 1. The van der Waals surface area contributed by atoms with E-state index in [0.717, 1.165) is 14.6 Å². The molecule has 0 amide bonds. The van der Waals surface area contributed by atoms with Crippen LogP contribution >= 0.6 is 31.9 Å². The summed E-state index contributed by atoms with van der Waals surface area (Å²) >= 11 is 6.79. The average Bonchev–Trinajstić information content (AvgIpc) is 2.82. The van der Waals surface area contributed by atoms with Crippen molar-refractivity contribution in [1.82, 2.24) is 9.78 Å². The van der Waals surface area contributed by atoms with Crippen LogP contribution in [0.1, 0.15) is 21.7 Å². The first-order valence-electron chi connectivity index (χ1n) is 6.60. The summed E-state index contributed by atoms with van der Waals surface area (Å²) in [5, 5.41) is 13.4. The molecule has 0 saturated heterocycles. The van der Waals surface area contributed by atoms with Crippen molar-refractivity contribution in [3.63, 3.8) is 0 Å². The number of aromatic nitrogens is 2. The van der Waals surface area contributed by atoms with Gasteiger partial charge in [0.05, 0.1) is 21.7 Å². The Morgan fingerprint density at radius 1 is 1.30 bits per heavy atom. The number of aryl methyl sites for hydroxylation is 2. The summed E-state index contributed by atoms with van der Waals surface area (Å²) in [7, 11) is 1.56. The third kappa shape index (κ3) is 3.71. The summed E-state index contributed by atoms with van der Waals surface area (Å²) in [5.74, 6) is 0.187. The molecule has 2 rings (SSSR count). The van der Waals surface area contributed by atoms with Crippen LogP contribution in [0.5, 0.6) is 5.75 Å². The standard InChI is InChI=1S/C16H13Br2N3O2/c1-9-4-10(2)21(20-9)16(22)12(8-19)5-11-6-13(17)15(23-3)14(18)7-11/h4-7H,1-3H3/b12-5+. The molecule has 0 aliphatic rings. The summed E-state index contributed by atoms with van der Waals surface area (Å²) in [6.45, 7) is 3.57. The van der Waals surface area contributed by atoms with Gasteiger partial charge in [0.15, 0.2) is 0 Å². The molecule has 1 aromatic carbocycles. The van der Waals surface area contributed by atoms with Crippen LogP contribution in [0.4, 0.5) is 0 Å². The van der Waals surface area contributed by atoms with Crippen molar-refractivity contribution >= 4 is 43.8 Å². The van der Waals surface area contributed by atoms with E-state index in [1.54, 1.807) is 39.2 Å². The lowest BCUT2D eigenvalue weighted by Crippen LogP contribution is -2.15. The molecule has 0 radical (unpaired) electrons. The number of halogens is 2. The number of allylic oxidation sites excluding steroid dienone is 1. The molecule has 0 unspecified atom stereocenters. The zero-order valence-electron chi connectivity index (χ0n) is 12.7. The molecule has 0 saturated carbocycles. The number of carbonyl (C=O) groups is 1. The van der Waals surface area contributed by atoms with E-state index >= 15 is 0 Å². The number of hydrogen-bond acceptors (Lipinski definition) is 4. The summed E-state index contributed by atoms with van der Waals surface area (Å²) in [6, 6.07) is 7.27. The van der Waals surface area contributed by atoms with Crippen molar-refractivity contribution in [2.24, 2.45) is 0 Å². The summed E-state index contributed by atoms with van der Waals surface area (Å²) in [6.07, 6.45) is 1.52. The van der Waals surface area contributed by atoms with E-state index < -0.39 is 5.91 Å². The third-order valence-electron chi connectivity index (χ3n) is 3.09. The first-order valence-corrected chi connectivity index (χ1v) is 8.18. The van der Waals surface area contributed by atoms with Crippen LogP contribution in [-0.2, 0) is 0 Å². The zero-order valence-corrected chi connectivity index (χ0v) is 15.9. The molecule has 0 atom stereocenters. The van der Waals surface area contributed by atoms with Gasteiger partial charge in [0.2, 0.25) is 0 Å². The van der Waals surface area contributed by atoms with Crippen molar-refractivity contribution in [2.75, 3.05) is 7.11 Å². The molecule has 1 heterocycles. The Bertz CT molecular complexity index is 824. The predicted molar refractivity (Wildman–Crippen MR) is 94.3 cm³/mol. The average molecular weight is 439 g/mol. The van der Waals surface area contributed by atoms with Gasteiger partial charge in [-0.1, -0.05) is 0 Å². The van der Waals surface area contributed by atoms with E-state index in [1.165, 1.54) is 10.8 Å². The van der Waals surface area contributed by atoms with Crippen LogP contribution < -0.4 is 4.74 Å². The molecule has 0 fully saturated rings. The minimum Gasteiger partial charge on any atom is -0.494 e. The molecule has 0 N–H and O–H groups in total. The van der Waals surface area contributed by atoms with Crippen molar-refractivity contribution in [2.45, 2.75) is 13.8 Å². The lowest BCUT2D eigenvalue weighted by Gasteiger charge is -2.07. The Kier molecular flexibility index (Phi) is 5.39. The van der Waals surface area contributed by atoms with E-state index in [9.17, 15) is 10.1 Å². The highest BCUT2D eigenvalue weighted by Gasteiger charge is 2.16. The second-order valence-electron chi connectivity index (χ2n) is 4.83. The van der Waals surface area contributed by atoms with Crippen LogP contribution in [0.25, 0.3) is 6.08 Å². The van der Waals surface area contributed by atoms with E-state index in [4.69, 9.17) is 4.74 Å². The summed E-state index contributed by atoms with van der Waals surface area (Å²) in [4.78, 5) is 12.5. The van der Waals surface area contributed by atoms with Gasteiger partial charge >= 0.3 is 0 Å². The Morgan fingerprint density at radius 3 is 2.35 bits per heavy atom. The maximum atomic E-state index is 12.5. The Labute approximate surface area is 150 Å². The topological polar surface area (TPSA) is 67.9 Å². The quantitative estimate of drug-likeness (QED) is 0.529. The van der Waals surface area contributed by atoms with Crippen LogP contribution in [0, 0.1) is 25.2 Å². The van der Waals surface area contributed by atoms with Gasteiger partial charge in [-0.25, -0.2) is 4.68 Å². The molecule has 1 aromatic heterocycles. The molecule has 23 heavy (non-hydrogen) atoms.